The van der Waals surface area contributed by atoms with Crippen molar-refractivity contribution in [2.45, 2.75) is 63.6 Å². The Balaban J connectivity index is 1.13. The summed E-state index contributed by atoms with van der Waals surface area (Å²) in [4.78, 5) is 18.3. The van der Waals surface area contributed by atoms with Gasteiger partial charge in [-0.2, -0.15) is 0 Å². The van der Waals surface area contributed by atoms with E-state index in [4.69, 9.17) is 23.8 Å². The van der Waals surface area contributed by atoms with Crippen LogP contribution in [0, 0.1) is 0 Å². The zero-order valence-electron chi connectivity index (χ0n) is 32.0. The number of hydroxylamine groups is 2. The summed E-state index contributed by atoms with van der Waals surface area (Å²) in [6, 6.07) is 52.3. The zero-order valence-corrected chi connectivity index (χ0v) is 32.0. The monoisotopic (exact) mass is 735 g/mol. The predicted molar refractivity (Wildman–Crippen MR) is 216 cm³/mol. The minimum Gasteiger partial charge on any atom is -0.496 e. The highest BCUT2D eigenvalue weighted by atomic mass is 16.8. The highest BCUT2D eigenvalue weighted by Gasteiger charge is 2.38. The predicted octanol–water partition coefficient (Wildman–Crippen LogP) is 10.6. The first-order chi connectivity index (χ1) is 26.7. The summed E-state index contributed by atoms with van der Waals surface area (Å²) in [6.07, 6.45) is -0.281. The number of nitrogens with zero attached hydrogens (tertiary/aromatic N) is 1. The molecule has 6 aromatic carbocycles. The quantitative estimate of drug-likeness (QED) is 0.0916. The van der Waals surface area contributed by atoms with E-state index in [9.17, 15) is 4.79 Å². The maximum Gasteiger partial charge on any atom is 0.528 e. The van der Waals surface area contributed by atoms with Crippen LogP contribution >= 0.6 is 0 Å². The molecule has 55 heavy (non-hydrogen) atoms. The highest BCUT2D eigenvalue weighted by Crippen LogP contribution is 2.41. The Morgan fingerprint density at radius 2 is 1.27 bits per heavy atom. The average Bonchev–Trinajstić information content (AvgIpc) is 3.21. The number of benzene rings is 6. The van der Waals surface area contributed by atoms with E-state index in [-0.39, 0.29) is 12.0 Å². The van der Waals surface area contributed by atoms with Gasteiger partial charge in [0.1, 0.15) is 17.0 Å². The molecule has 0 N–H and O–H groups in total. The molecule has 7 nitrogen and oxygen atoms in total. The number of rotatable bonds is 12. The first-order valence-electron chi connectivity index (χ1n) is 18.9. The van der Waals surface area contributed by atoms with E-state index in [1.54, 1.807) is 12.2 Å². The van der Waals surface area contributed by atoms with Crippen LogP contribution in [0.25, 0.3) is 10.8 Å². The topological polar surface area (TPSA) is 66.5 Å². The third-order valence-electron chi connectivity index (χ3n) is 10.1. The molecule has 1 saturated heterocycles. The van der Waals surface area contributed by atoms with Crippen LogP contribution in [0.3, 0.4) is 0 Å². The molecule has 0 bridgehead atoms. The molecule has 1 heterocycles. The summed E-state index contributed by atoms with van der Waals surface area (Å²) in [7, 11) is 1.69. The molecule has 282 valence electrons. The molecule has 0 saturated carbocycles. The van der Waals surface area contributed by atoms with Gasteiger partial charge in [0.2, 0.25) is 0 Å². The fourth-order valence-corrected chi connectivity index (χ4v) is 7.56. The number of carbonyl (C=O) groups excluding carboxylic acids is 1. The Morgan fingerprint density at radius 3 is 1.85 bits per heavy atom. The molecule has 6 aromatic rings. The Bertz CT molecular complexity index is 2050. The van der Waals surface area contributed by atoms with Crippen molar-refractivity contribution in [2.75, 3.05) is 20.2 Å². The van der Waals surface area contributed by atoms with Gasteiger partial charge < -0.3 is 23.8 Å². The van der Waals surface area contributed by atoms with E-state index >= 15 is 0 Å². The molecule has 0 amide bonds. The first-order valence-corrected chi connectivity index (χ1v) is 18.9. The lowest BCUT2D eigenvalue weighted by molar-refractivity contribution is -0.179. The normalized spacial score (nSPS) is 16.4. The van der Waals surface area contributed by atoms with Crippen molar-refractivity contribution in [3.8, 4) is 5.75 Å². The molecule has 1 aliphatic heterocycles. The van der Waals surface area contributed by atoms with Crippen LogP contribution in [-0.2, 0) is 37.9 Å². The smallest absolute Gasteiger partial charge is 0.496 e. The molecule has 7 heteroatoms. The van der Waals surface area contributed by atoms with Crippen molar-refractivity contribution in [2.24, 2.45) is 0 Å². The van der Waals surface area contributed by atoms with Gasteiger partial charge in [0.15, 0.2) is 0 Å². The highest BCUT2D eigenvalue weighted by molar-refractivity contribution is 5.89. The van der Waals surface area contributed by atoms with Crippen LogP contribution in [0.4, 0.5) is 4.79 Å². The summed E-state index contributed by atoms with van der Waals surface area (Å²) in [5.41, 5.74) is 4.87. The lowest BCUT2D eigenvalue weighted by Gasteiger charge is -2.37. The van der Waals surface area contributed by atoms with Crippen LogP contribution in [0.5, 0.6) is 5.75 Å². The van der Waals surface area contributed by atoms with E-state index in [1.165, 1.54) is 0 Å². The summed E-state index contributed by atoms with van der Waals surface area (Å²) in [6.45, 7) is 7.12. The fourth-order valence-electron chi connectivity index (χ4n) is 7.56. The number of ether oxygens (including phenoxy) is 4. The third-order valence-corrected chi connectivity index (χ3v) is 10.1. The van der Waals surface area contributed by atoms with E-state index in [1.807, 2.05) is 51.1 Å². The Hall–Kier alpha value is -5.47. The van der Waals surface area contributed by atoms with E-state index in [0.717, 1.165) is 56.3 Å². The van der Waals surface area contributed by atoms with Gasteiger partial charge in [-0.25, -0.2) is 4.79 Å². The standard InChI is InChI=1S/C48H49NO6/c1-47(2,3)54-46(50)55-49-31-30-42(44(32-49)52-34-38-29-28-36-16-14-15-23-43(36)45(38)51-4)37-26-24-35(25-27-37)33-53-48(39-17-8-5-9-18-39,40-19-10-6-11-20-40)41-21-12-7-13-22-41/h5-29,42,44H,30-34H2,1-4H3. The number of fused-ring (bicyclic) bond motifs is 1. The van der Waals surface area contributed by atoms with Gasteiger partial charge >= 0.3 is 6.16 Å². The number of hydrogen-bond acceptors (Lipinski definition) is 7. The van der Waals surface area contributed by atoms with Crippen molar-refractivity contribution >= 4 is 16.9 Å². The Kier molecular flexibility index (Phi) is 11.6. The minimum absolute atomic E-state index is 0.0527. The van der Waals surface area contributed by atoms with Gasteiger partial charge in [-0.15, -0.1) is 5.06 Å². The maximum atomic E-state index is 12.7. The fraction of sp³-hybridized carbons (Fsp3) is 0.271. The molecule has 0 aromatic heterocycles. The molecule has 1 aliphatic rings. The first kappa shape index (κ1) is 37.8. The second-order valence-electron chi connectivity index (χ2n) is 15.0. The van der Waals surface area contributed by atoms with E-state index in [2.05, 4.69) is 121 Å². The number of carbonyl (C=O) groups is 1. The number of methoxy groups -OCH3 is 1. The molecule has 7 rings (SSSR count). The van der Waals surface area contributed by atoms with Gasteiger partial charge in [0.05, 0.1) is 33.0 Å². The molecule has 2 atom stereocenters. The summed E-state index contributed by atoms with van der Waals surface area (Å²) in [5, 5.41) is 3.80. The molecule has 0 aliphatic carbocycles. The van der Waals surface area contributed by atoms with Gasteiger partial charge in [-0.1, -0.05) is 152 Å². The largest absolute Gasteiger partial charge is 0.528 e. The molecule has 0 spiro atoms. The van der Waals surface area contributed by atoms with Crippen molar-refractivity contribution < 1.29 is 28.6 Å². The van der Waals surface area contributed by atoms with Gasteiger partial charge in [0.25, 0.3) is 0 Å². The summed E-state index contributed by atoms with van der Waals surface area (Å²) < 4.78 is 25.2. The molecule has 1 fully saturated rings. The lowest BCUT2D eigenvalue weighted by Crippen LogP contribution is -2.45. The lowest BCUT2D eigenvalue weighted by atomic mass is 9.80. The van der Waals surface area contributed by atoms with Gasteiger partial charge in [-0.05, 0) is 60.4 Å². The molecular weight excluding hydrogens is 687 g/mol. The van der Waals surface area contributed by atoms with Crippen LogP contribution in [0.15, 0.2) is 152 Å². The second-order valence-corrected chi connectivity index (χ2v) is 15.0. The molecule has 0 radical (unpaired) electrons. The van der Waals surface area contributed by atoms with Crippen LogP contribution in [0.2, 0.25) is 0 Å². The van der Waals surface area contributed by atoms with Crippen molar-refractivity contribution in [3.05, 3.63) is 185 Å². The minimum atomic E-state index is -0.813. The summed E-state index contributed by atoms with van der Waals surface area (Å²) >= 11 is 0. The number of hydrogen-bond donors (Lipinski definition) is 0. The molecular formula is C48H49NO6. The Labute approximate surface area is 324 Å². The molecule has 2 unspecified atom stereocenters. The number of piperidine rings is 1. The zero-order chi connectivity index (χ0) is 38.3. The average molecular weight is 736 g/mol. The van der Waals surface area contributed by atoms with Crippen LogP contribution in [-0.4, -0.2) is 43.1 Å². The second kappa shape index (κ2) is 16.9. The van der Waals surface area contributed by atoms with E-state index < -0.39 is 17.4 Å². The SMILES string of the molecule is COc1c(COC2CN(OC(=O)OC(C)(C)C)CCC2c2ccc(COC(c3ccccc3)(c3ccccc3)c3ccccc3)cc2)ccc2ccccc12. The maximum absolute atomic E-state index is 12.7. The van der Waals surface area contributed by atoms with Crippen LogP contribution in [0.1, 0.15) is 66.5 Å². The Morgan fingerprint density at radius 1 is 0.691 bits per heavy atom. The van der Waals surface area contributed by atoms with Gasteiger partial charge in [-0.3, -0.25) is 0 Å². The van der Waals surface area contributed by atoms with E-state index in [0.29, 0.717) is 26.3 Å². The van der Waals surface area contributed by atoms with Gasteiger partial charge in [0, 0.05) is 23.4 Å². The summed E-state index contributed by atoms with van der Waals surface area (Å²) in [5.74, 6) is 0.853. The van der Waals surface area contributed by atoms with Crippen molar-refractivity contribution in [3.63, 3.8) is 0 Å². The van der Waals surface area contributed by atoms with Crippen LogP contribution < -0.4 is 4.74 Å². The third kappa shape index (κ3) is 8.76. The van der Waals surface area contributed by atoms with Crippen molar-refractivity contribution in [1.82, 2.24) is 5.06 Å². The van der Waals surface area contributed by atoms with Crippen molar-refractivity contribution in [1.29, 1.82) is 0 Å².